The standard InChI is InChI=1S/C36H56N6O5/c1-8-10-28-18-31(17-27(28)9-2)42(23-29-11-12-33(46-6)19-34(29)47-7)24-32(44)21-39-36(45)25(3)20-38-22-35(37-5)40-30-13-15-41(16-14-30)26(4)43/h8,10-12,19-20,22,25,30-32,37,40,44H,9,13-18,21,23-24H2,1-7H3,(H,39,45)/b10-8-,35-22+,38-20?. The molecule has 11 heteroatoms. The molecule has 11 nitrogen and oxygen atoms in total. The number of methoxy groups -OCH3 is 2. The van der Waals surface area contributed by atoms with Crippen molar-refractivity contribution >= 4 is 18.0 Å². The number of carbonyl (C=O) groups excluding carboxylic acids is 2. The van der Waals surface area contributed by atoms with E-state index in [1.807, 2.05) is 37.1 Å². The van der Waals surface area contributed by atoms with Gasteiger partial charge in [0.25, 0.3) is 0 Å². The van der Waals surface area contributed by atoms with Crippen LogP contribution in [0.15, 0.2) is 58.5 Å². The molecule has 2 aliphatic rings. The Balaban J connectivity index is 1.58. The largest absolute Gasteiger partial charge is 0.497 e. The number of ether oxygens (including phenoxy) is 2. The minimum absolute atomic E-state index is 0.110. The SMILES string of the molecule is C/C=C\C1=C(CC)CC(N(Cc2ccc(OC)cc2OC)CC(O)CNC(=O)C(C)C=N/C=C(\NC)NC2CCN(C(C)=O)CC2)C1. The number of allylic oxidation sites excluding steroid dienone is 2. The number of aliphatic imine (C=N–C) groups is 1. The fourth-order valence-electron chi connectivity index (χ4n) is 6.21. The fraction of sp³-hybridized carbons (Fsp3) is 0.583. The number of benzene rings is 1. The van der Waals surface area contributed by atoms with Crippen LogP contribution < -0.4 is 25.4 Å². The summed E-state index contributed by atoms with van der Waals surface area (Å²) >= 11 is 0. The molecule has 1 aliphatic heterocycles. The van der Waals surface area contributed by atoms with Crippen molar-refractivity contribution in [3.8, 4) is 11.5 Å². The molecule has 3 unspecified atom stereocenters. The topological polar surface area (TPSA) is 128 Å². The first kappa shape index (κ1) is 37.6. The van der Waals surface area contributed by atoms with Crippen molar-refractivity contribution in [1.82, 2.24) is 25.8 Å². The summed E-state index contributed by atoms with van der Waals surface area (Å²) in [5.74, 6) is 1.65. The number of hydrogen-bond acceptors (Lipinski definition) is 9. The van der Waals surface area contributed by atoms with E-state index in [2.05, 4.69) is 44.9 Å². The number of likely N-dealkylation sites (tertiary alicyclic amines) is 1. The number of amides is 2. The maximum Gasteiger partial charge on any atom is 0.228 e. The lowest BCUT2D eigenvalue weighted by Crippen LogP contribution is -2.45. The van der Waals surface area contributed by atoms with Gasteiger partial charge < -0.3 is 35.4 Å². The number of aliphatic hydroxyl groups excluding tert-OH is 1. The highest BCUT2D eigenvalue weighted by atomic mass is 16.5. The van der Waals surface area contributed by atoms with Gasteiger partial charge in [-0.15, -0.1) is 0 Å². The minimum Gasteiger partial charge on any atom is -0.497 e. The second kappa shape index (κ2) is 19.1. The lowest BCUT2D eigenvalue weighted by atomic mass is 10.1. The lowest BCUT2D eigenvalue weighted by molar-refractivity contribution is -0.129. The Labute approximate surface area is 281 Å². The van der Waals surface area contributed by atoms with Gasteiger partial charge in [-0.1, -0.05) is 30.7 Å². The number of nitrogens with zero attached hydrogens (tertiary/aromatic N) is 3. The molecule has 2 amide bonds. The van der Waals surface area contributed by atoms with Gasteiger partial charge in [-0.2, -0.15) is 0 Å². The van der Waals surface area contributed by atoms with Crippen molar-refractivity contribution in [3.05, 3.63) is 59.1 Å². The van der Waals surface area contributed by atoms with Crippen molar-refractivity contribution in [2.45, 2.75) is 84.5 Å². The number of nitrogens with one attached hydrogen (secondary N) is 3. The molecule has 4 N–H and O–H groups in total. The number of aliphatic hydroxyl groups is 1. The van der Waals surface area contributed by atoms with Crippen LogP contribution in [0.4, 0.5) is 0 Å². The van der Waals surface area contributed by atoms with Crippen LogP contribution in [0.1, 0.15) is 65.4 Å². The van der Waals surface area contributed by atoms with Crippen LogP contribution in [0.3, 0.4) is 0 Å². The third kappa shape index (κ3) is 11.4. The summed E-state index contributed by atoms with van der Waals surface area (Å²) in [5, 5.41) is 20.6. The molecule has 1 aromatic rings. The average Bonchev–Trinajstić information content (AvgIpc) is 3.49. The van der Waals surface area contributed by atoms with E-state index in [9.17, 15) is 14.7 Å². The normalized spacial score (nSPS) is 19.0. The van der Waals surface area contributed by atoms with Crippen LogP contribution in [-0.2, 0) is 16.1 Å². The first-order chi connectivity index (χ1) is 22.6. The molecule has 1 fully saturated rings. The lowest BCUT2D eigenvalue weighted by Gasteiger charge is -2.32. The van der Waals surface area contributed by atoms with Crippen molar-refractivity contribution in [2.24, 2.45) is 10.9 Å². The van der Waals surface area contributed by atoms with Crippen LogP contribution in [0.2, 0.25) is 0 Å². The summed E-state index contributed by atoms with van der Waals surface area (Å²) in [6.45, 7) is 10.2. The number of carbonyl (C=O) groups is 2. The van der Waals surface area contributed by atoms with Gasteiger partial charge in [-0.05, 0) is 57.6 Å². The summed E-state index contributed by atoms with van der Waals surface area (Å²) in [5.41, 5.74) is 3.82. The van der Waals surface area contributed by atoms with Crippen molar-refractivity contribution in [2.75, 3.05) is 47.4 Å². The van der Waals surface area contributed by atoms with Gasteiger partial charge >= 0.3 is 0 Å². The summed E-state index contributed by atoms with van der Waals surface area (Å²) in [4.78, 5) is 33.0. The van der Waals surface area contributed by atoms with E-state index in [-0.39, 0.29) is 30.4 Å². The molecule has 1 saturated heterocycles. The van der Waals surface area contributed by atoms with Gasteiger partial charge in [0.15, 0.2) is 0 Å². The minimum atomic E-state index is -0.766. The Morgan fingerprint density at radius 3 is 2.55 bits per heavy atom. The average molecular weight is 653 g/mol. The maximum absolute atomic E-state index is 12.9. The van der Waals surface area contributed by atoms with E-state index >= 15 is 0 Å². The van der Waals surface area contributed by atoms with Gasteiger partial charge in [0.1, 0.15) is 17.3 Å². The van der Waals surface area contributed by atoms with Gasteiger partial charge in [0.2, 0.25) is 11.8 Å². The molecule has 1 heterocycles. The van der Waals surface area contributed by atoms with Gasteiger partial charge in [-0.25, -0.2) is 0 Å². The highest BCUT2D eigenvalue weighted by molar-refractivity contribution is 5.93. The molecule has 3 rings (SSSR count). The second-order valence-corrected chi connectivity index (χ2v) is 12.4. The quantitative estimate of drug-likeness (QED) is 0.188. The molecule has 1 aliphatic carbocycles. The third-order valence-electron chi connectivity index (χ3n) is 9.02. The van der Waals surface area contributed by atoms with E-state index < -0.39 is 12.0 Å². The van der Waals surface area contributed by atoms with E-state index in [0.29, 0.717) is 13.1 Å². The van der Waals surface area contributed by atoms with Crippen molar-refractivity contribution < 1.29 is 24.2 Å². The van der Waals surface area contributed by atoms with Gasteiger partial charge in [-0.3, -0.25) is 19.5 Å². The smallest absolute Gasteiger partial charge is 0.228 e. The Bertz CT molecular complexity index is 1300. The zero-order valence-corrected chi connectivity index (χ0v) is 29.3. The van der Waals surface area contributed by atoms with Crippen LogP contribution in [0, 0.1) is 5.92 Å². The first-order valence-electron chi connectivity index (χ1n) is 16.8. The number of hydrogen-bond donors (Lipinski definition) is 4. The molecule has 1 aromatic carbocycles. The molecule has 0 aromatic heterocycles. The zero-order valence-electron chi connectivity index (χ0n) is 29.3. The Morgan fingerprint density at radius 2 is 1.94 bits per heavy atom. The summed E-state index contributed by atoms with van der Waals surface area (Å²) in [7, 11) is 5.10. The Morgan fingerprint density at radius 1 is 1.19 bits per heavy atom. The molecule has 0 bridgehead atoms. The highest BCUT2D eigenvalue weighted by Crippen LogP contribution is 2.35. The molecule has 3 atom stereocenters. The first-order valence-corrected chi connectivity index (χ1v) is 16.8. The molecular formula is C36H56N6O5. The highest BCUT2D eigenvalue weighted by Gasteiger charge is 2.29. The molecule has 47 heavy (non-hydrogen) atoms. The summed E-state index contributed by atoms with van der Waals surface area (Å²) < 4.78 is 11.1. The predicted molar refractivity (Wildman–Crippen MR) is 187 cm³/mol. The van der Waals surface area contributed by atoms with E-state index in [4.69, 9.17) is 9.47 Å². The van der Waals surface area contributed by atoms with Gasteiger partial charge in [0.05, 0.1) is 32.4 Å². The number of rotatable bonds is 17. The molecule has 0 spiro atoms. The molecule has 0 radical (unpaired) electrons. The maximum atomic E-state index is 12.9. The van der Waals surface area contributed by atoms with E-state index in [0.717, 1.165) is 68.1 Å². The van der Waals surface area contributed by atoms with Crippen molar-refractivity contribution in [1.29, 1.82) is 0 Å². The van der Waals surface area contributed by atoms with E-state index in [1.54, 1.807) is 40.5 Å². The second-order valence-electron chi connectivity index (χ2n) is 12.4. The zero-order chi connectivity index (χ0) is 34.3. The monoisotopic (exact) mass is 652 g/mol. The Hall–Kier alpha value is -3.83. The van der Waals surface area contributed by atoms with Crippen LogP contribution in [0.25, 0.3) is 0 Å². The van der Waals surface area contributed by atoms with Crippen LogP contribution >= 0.6 is 0 Å². The summed E-state index contributed by atoms with van der Waals surface area (Å²) in [6, 6.07) is 6.29. The third-order valence-corrected chi connectivity index (χ3v) is 9.02. The van der Waals surface area contributed by atoms with Crippen molar-refractivity contribution in [3.63, 3.8) is 0 Å². The number of piperidine rings is 1. The van der Waals surface area contributed by atoms with Crippen LogP contribution in [0.5, 0.6) is 11.5 Å². The fourth-order valence-corrected chi connectivity index (χ4v) is 6.21. The van der Waals surface area contributed by atoms with Gasteiger partial charge in [0, 0.05) is 76.6 Å². The molecular weight excluding hydrogens is 596 g/mol. The Kier molecular flexibility index (Phi) is 15.3. The molecule has 260 valence electrons. The van der Waals surface area contributed by atoms with Crippen LogP contribution in [-0.4, -0.2) is 98.6 Å². The van der Waals surface area contributed by atoms with E-state index in [1.165, 1.54) is 11.1 Å². The predicted octanol–water partition coefficient (Wildman–Crippen LogP) is 3.75. The summed E-state index contributed by atoms with van der Waals surface area (Å²) in [6.07, 6.45) is 11.4. The molecule has 0 saturated carbocycles.